The maximum Gasteiger partial charge on any atom is 0.252 e. The molecule has 6 nitrogen and oxygen atoms in total. The van der Waals surface area contributed by atoms with Crippen LogP contribution in [0.4, 0.5) is 0 Å². The Morgan fingerprint density at radius 2 is 1.85 bits per heavy atom. The molecule has 0 bridgehead atoms. The Bertz CT molecular complexity index is 941. The van der Waals surface area contributed by atoms with Crippen molar-refractivity contribution >= 4 is 16.9 Å². The molecular weight excluding hydrogens is 338 g/mol. The fraction of sp³-hybridized carbons (Fsp3) is 0.381. The average molecular weight is 365 g/mol. The third-order valence-corrected chi connectivity index (χ3v) is 4.40. The summed E-state index contributed by atoms with van der Waals surface area (Å²) in [5.74, 6) is -0.105. The van der Waals surface area contributed by atoms with Gasteiger partial charge in [0.15, 0.2) is 5.65 Å². The van der Waals surface area contributed by atoms with Crippen LogP contribution >= 0.6 is 0 Å². The van der Waals surface area contributed by atoms with E-state index >= 15 is 0 Å². The fourth-order valence-electron chi connectivity index (χ4n) is 3.11. The first-order valence-electron chi connectivity index (χ1n) is 9.20. The molecule has 3 aromatic rings. The molecule has 2 heterocycles. The van der Waals surface area contributed by atoms with Crippen molar-refractivity contribution in [3.05, 3.63) is 58.9 Å². The van der Waals surface area contributed by atoms with Crippen molar-refractivity contribution in [2.75, 3.05) is 14.1 Å². The van der Waals surface area contributed by atoms with Crippen LogP contribution < -0.4 is 5.32 Å². The zero-order valence-corrected chi connectivity index (χ0v) is 16.7. The summed E-state index contributed by atoms with van der Waals surface area (Å²) in [5, 5.41) is 8.21. The van der Waals surface area contributed by atoms with Gasteiger partial charge in [0.1, 0.15) is 0 Å². The number of aryl methyl sites for hydroxylation is 1. The van der Waals surface area contributed by atoms with Gasteiger partial charge in [0.25, 0.3) is 5.91 Å². The second-order valence-corrected chi connectivity index (χ2v) is 7.47. The van der Waals surface area contributed by atoms with Crippen molar-refractivity contribution in [1.29, 1.82) is 0 Å². The first-order valence-corrected chi connectivity index (χ1v) is 9.20. The van der Waals surface area contributed by atoms with E-state index in [1.807, 2.05) is 31.8 Å². The Kier molecular flexibility index (Phi) is 5.56. The molecule has 0 saturated heterocycles. The summed E-state index contributed by atoms with van der Waals surface area (Å²) >= 11 is 0. The molecule has 27 heavy (non-hydrogen) atoms. The van der Waals surface area contributed by atoms with Gasteiger partial charge in [-0.3, -0.25) is 4.79 Å². The molecule has 6 heteroatoms. The molecule has 142 valence electrons. The predicted molar refractivity (Wildman–Crippen MR) is 108 cm³/mol. The number of carbonyl (C=O) groups is 1. The molecular formula is C21H27N5O. The lowest BCUT2D eigenvalue weighted by Gasteiger charge is -2.11. The van der Waals surface area contributed by atoms with Gasteiger partial charge >= 0.3 is 0 Å². The van der Waals surface area contributed by atoms with Gasteiger partial charge in [0, 0.05) is 24.8 Å². The topological polar surface area (TPSA) is 63.1 Å². The van der Waals surface area contributed by atoms with Crippen molar-refractivity contribution in [2.45, 2.75) is 39.9 Å². The van der Waals surface area contributed by atoms with Crippen molar-refractivity contribution in [3.63, 3.8) is 0 Å². The molecule has 1 aromatic carbocycles. The van der Waals surface area contributed by atoms with Crippen molar-refractivity contribution < 1.29 is 4.79 Å². The SMILES string of the molecule is Cc1cc(C(=O)NCc2ccc(CN(C)C)cc2)c2cnn(C(C)C)c2n1. The van der Waals surface area contributed by atoms with Gasteiger partial charge in [-0.25, -0.2) is 9.67 Å². The highest BCUT2D eigenvalue weighted by Crippen LogP contribution is 2.21. The van der Waals surface area contributed by atoms with E-state index in [-0.39, 0.29) is 11.9 Å². The average Bonchev–Trinajstić information content (AvgIpc) is 3.03. The van der Waals surface area contributed by atoms with E-state index in [9.17, 15) is 4.79 Å². The smallest absolute Gasteiger partial charge is 0.252 e. The number of aromatic nitrogens is 3. The Hall–Kier alpha value is -2.73. The minimum atomic E-state index is -0.105. The number of nitrogens with zero attached hydrogens (tertiary/aromatic N) is 4. The minimum absolute atomic E-state index is 0.105. The molecule has 3 rings (SSSR count). The van der Waals surface area contributed by atoms with E-state index in [2.05, 4.69) is 58.4 Å². The van der Waals surface area contributed by atoms with Crippen molar-refractivity contribution in [3.8, 4) is 0 Å². The fourth-order valence-corrected chi connectivity index (χ4v) is 3.11. The summed E-state index contributed by atoms with van der Waals surface area (Å²) in [5.41, 5.74) is 4.51. The number of amides is 1. The van der Waals surface area contributed by atoms with Gasteiger partial charge in [0.2, 0.25) is 0 Å². The van der Waals surface area contributed by atoms with Crippen LogP contribution in [0.1, 0.15) is 47.1 Å². The van der Waals surface area contributed by atoms with Gasteiger partial charge in [-0.15, -0.1) is 0 Å². The summed E-state index contributed by atoms with van der Waals surface area (Å²) in [6, 6.07) is 10.3. The number of pyridine rings is 1. The lowest BCUT2D eigenvalue weighted by atomic mass is 10.1. The van der Waals surface area contributed by atoms with E-state index in [1.165, 1.54) is 5.56 Å². The third-order valence-electron chi connectivity index (χ3n) is 4.40. The van der Waals surface area contributed by atoms with Gasteiger partial charge in [-0.1, -0.05) is 24.3 Å². The second kappa shape index (κ2) is 7.88. The Morgan fingerprint density at radius 1 is 1.19 bits per heavy atom. The van der Waals surface area contributed by atoms with Crippen LogP contribution in [-0.2, 0) is 13.1 Å². The molecule has 1 N–H and O–H groups in total. The Labute approximate surface area is 160 Å². The highest BCUT2D eigenvalue weighted by molar-refractivity contribution is 6.05. The number of carbonyl (C=O) groups excluding carboxylic acids is 1. The minimum Gasteiger partial charge on any atom is -0.348 e. The lowest BCUT2D eigenvalue weighted by Crippen LogP contribution is -2.23. The van der Waals surface area contributed by atoms with E-state index in [0.717, 1.165) is 28.8 Å². The van der Waals surface area contributed by atoms with Crippen LogP contribution in [0.25, 0.3) is 11.0 Å². The van der Waals surface area contributed by atoms with Gasteiger partial charge in [0.05, 0.1) is 17.1 Å². The van der Waals surface area contributed by atoms with Crippen molar-refractivity contribution in [2.24, 2.45) is 0 Å². The number of fused-ring (bicyclic) bond motifs is 1. The second-order valence-electron chi connectivity index (χ2n) is 7.47. The zero-order valence-electron chi connectivity index (χ0n) is 16.7. The monoisotopic (exact) mass is 365 g/mol. The molecule has 2 aromatic heterocycles. The van der Waals surface area contributed by atoms with Crippen molar-refractivity contribution in [1.82, 2.24) is 25.0 Å². The number of hydrogen-bond donors (Lipinski definition) is 1. The van der Waals surface area contributed by atoms with E-state index in [0.29, 0.717) is 12.1 Å². The standard InChI is InChI=1S/C21H27N5O/c1-14(2)26-20-19(12-23-26)18(10-15(3)24-20)21(27)22-11-16-6-8-17(9-7-16)13-25(4)5/h6-10,12,14H,11,13H2,1-5H3,(H,22,27). The van der Waals surface area contributed by atoms with Crippen LogP contribution in [0.15, 0.2) is 36.5 Å². The maximum atomic E-state index is 12.8. The number of benzene rings is 1. The Balaban J connectivity index is 1.76. The predicted octanol–water partition coefficient (Wildman–Crippen LogP) is 3.31. The molecule has 0 saturated carbocycles. The molecule has 0 spiro atoms. The van der Waals surface area contributed by atoms with E-state index < -0.39 is 0 Å². The third kappa shape index (κ3) is 4.34. The van der Waals surface area contributed by atoms with Gasteiger partial charge < -0.3 is 10.2 Å². The van der Waals surface area contributed by atoms with Gasteiger partial charge in [-0.2, -0.15) is 5.10 Å². The molecule has 0 atom stereocenters. The Morgan fingerprint density at radius 3 is 2.48 bits per heavy atom. The van der Waals surface area contributed by atoms with Gasteiger partial charge in [-0.05, 0) is 52.1 Å². The highest BCUT2D eigenvalue weighted by Gasteiger charge is 2.16. The molecule has 0 aliphatic heterocycles. The molecule has 1 amide bonds. The van der Waals surface area contributed by atoms with Crippen LogP contribution in [-0.4, -0.2) is 39.7 Å². The highest BCUT2D eigenvalue weighted by atomic mass is 16.1. The van der Waals surface area contributed by atoms with E-state index in [1.54, 1.807) is 6.20 Å². The van der Waals surface area contributed by atoms with Crippen LogP contribution in [0.5, 0.6) is 0 Å². The molecule has 0 radical (unpaired) electrons. The molecule has 0 aliphatic rings. The van der Waals surface area contributed by atoms with Crippen LogP contribution in [0.2, 0.25) is 0 Å². The molecule has 0 unspecified atom stereocenters. The number of rotatable bonds is 6. The number of hydrogen-bond acceptors (Lipinski definition) is 4. The van der Waals surface area contributed by atoms with E-state index in [4.69, 9.17) is 0 Å². The summed E-state index contributed by atoms with van der Waals surface area (Å²) in [6.45, 7) is 7.40. The zero-order chi connectivity index (χ0) is 19.6. The molecule has 0 fully saturated rings. The lowest BCUT2D eigenvalue weighted by molar-refractivity contribution is 0.0952. The summed E-state index contributed by atoms with van der Waals surface area (Å²) in [4.78, 5) is 19.5. The molecule has 0 aliphatic carbocycles. The summed E-state index contributed by atoms with van der Waals surface area (Å²) < 4.78 is 1.85. The largest absolute Gasteiger partial charge is 0.348 e. The first-order chi connectivity index (χ1) is 12.8. The maximum absolute atomic E-state index is 12.8. The first kappa shape index (κ1) is 19.0. The quantitative estimate of drug-likeness (QED) is 0.728. The van der Waals surface area contributed by atoms with Crippen LogP contribution in [0, 0.1) is 6.92 Å². The number of nitrogens with one attached hydrogen (secondary N) is 1. The summed E-state index contributed by atoms with van der Waals surface area (Å²) in [7, 11) is 4.10. The van der Waals surface area contributed by atoms with Crippen LogP contribution in [0.3, 0.4) is 0 Å². The summed E-state index contributed by atoms with van der Waals surface area (Å²) in [6.07, 6.45) is 1.73. The normalized spacial score (nSPS) is 11.5.